The highest BCUT2D eigenvalue weighted by Gasteiger charge is 2.25. The van der Waals surface area contributed by atoms with Crippen LogP contribution in [0.2, 0.25) is 0 Å². The highest BCUT2D eigenvalue weighted by molar-refractivity contribution is 6.06. The third-order valence-electron chi connectivity index (χ3n) is 4.31. The molecular formula is C25H32O4. The summed E-state index contributed by atoms with van der Waals surface area (Å²) in [6.45, 7) is 14.0. The number of ether oxygens (including phenoxy) is 3. The van der Waals surface area contributed by atoms with Gasteiger partial charge in [-0.05, 0) is 74.2 Å². The lowest BCUT2D eigenvalue weighted by Crippen LogP contribution is -2.16. The van der Waals surface area contributed by atoms with Crippen LogP contribution in [0.1, 0.15) is 63.0 Å². The molecule has 0 unspecified atom stereocenters. The zero-order valence-corrected chi connectivity index (χ0v) is 18.4. The second-order valence-corrected chi connectivity index (χ2v) is 7.66. The van der Waals surface area contributed by atoms with Crippen molar-refractivity contribution in [2.24, 2.45) is 0 Å². The van der Waals surface area contributed by atoms with E-state index in [4.69, 9.17) is 14.2 Å². The molecule has 0 aromatic heterocycles. The summed E-state index contributed by atoms with van der Waals surface area (Å²) in [7, 11) is 0. The molecule has 0 fully saturated rings. The SMILES string of the molecule is CCOc1ccc(C(=O)/C=C/c2cc(OCC)c(C(C)(C)C)c(OCC)c2)cc1. The fraction of sp³-hybridized carbons (Fsp3) is 0.400. The van der Waals surface area contributed by atoms with E-state index in [0.29, 0.717) is 25.4 Å². The molecule has 0 bridgehead atoms. The Labute approximate surface area is 174 Å². The molecule has 0 aliphatic carbocycles. The molecule has 0 aliphatic rings. The number of hydrogen-bond donors (Lipinski definition) is 0. The summed E-state index contributed by atoms with van der Waals surface area (Å²) >= 11 is 0. The molecule has 2 aromatic rings. The number of carbonyl (C=O) groups excluding carboxylic acids is 1. The number of hydrogen-bond acceptors (Lipinski definition) is 4. The first-order valence-electron chi connectivity index (χ1n) is 10.2. The van der Waals surface area contributed by atoms with Crippen LogP contribution in [-0.2, 0) is 5.41 Å². The maximum Gasteiger partial charge on any atom is 0.185 e. The fourth-order valence-electron chi connectivity index (χ4n) is 3.13. The first-order valence-corrected chi connectivity index (χ1v) is 10.2. The van der Waals surface area contributed by atoms with Gasteiger partial charge in [-0.25, -0.2) is 0 Å². The Morgan fingerprint density at radius 2 is 1.38 bits per heavy atom. The van der Waals surface area contributed by atoms with Gasteiger partial charge in [-0.1, -0.05) is 26.8 Å². The maximum atomic E-state index is 12.5. The van der Waals surface area contributed by atoms with Crippen LogP contribution in [0.5, 0.6) is 17.2 Å². The lowest BCUT2D eigenvalue weighted by molar-refractivity contribution is 0.104. The van der Waals surface area contributed by atoms with E-state index in [0.717, 1.165) is 28.4 Å². The van der Waals surface area contributed by atoms with E-state index in [1.54, 1.807) is 24.3 Å². The van der Waals surface area contributed by atoms with Gasteiger partial charge in [0.2, 0.25) is 0 Å². The molecule has 29 heavy (non-hydrogen) atoms. The normalized spacial score (nSPS) is 11.5. The number of carbonyl (C=O) groups is 1. The minimum atomic E-state index is -0.130. The second kappa shape index (κ2) is 10.1. The highest BCUT2D eigenvalue weighted by Crippen LogP contribution is 2.40. The summed E-state index contributed by atoms with van der Waals surface area (Å²) < 4.78 is 17.2. The second-order valence-electron chi connectivity index (χ2n) is 7.66. The van der Waals surface area contributed by atoms with Gasteiger partial charge < -0.3 is 14.2 Å². The summed E-state index contributed by atoms with van der Waals surface area (Å²) in [5.41, 5.74) is 2.39. The number of ketones is 1. The smallest absolute Gasteiger partial charge is 0.185 e. The Morgan fingerprint density at radius 1 is 0.862 bits per heavy atom. The largest absolute Gasteiger partial charge is 0.494 e. The fourth-order valence-corrected chi connectivity index (χ4v) is 3.13. The van der Waals surface area contributed by atoms with Crippen LogP contribution in [0.25, 0.3) is 6.08 Å². The molecule has 0 radical (unpaired) electrons. The van der Waals surface area contributed by atoms with Crippen LogP contribution in [0, 0.1) is 0 Å². The number of benzene rings is 2. The van der Waals surface area contributed by atoms with Crippen LogP contribution >= 0.6 is 0 Å². The van der Waals surface area contributed by atoms with Crippen molar-refractivity contribution in [1.82, 2.24) is 0 Å². The summed E-state index contributed by atoms with van der Waals surface area (Å²) in [6.07, 6.45) is 3.38. The first-order chi connectivity index (χ1) is 13.8. The molecular weight excluding hydrogens is 364 g/mol. The average molecular weight is 397 g/mol. The number of allylic oxidation sites excluding steroid dienone is 1. The van der Waals surface area contributed by atoms with E-state index in [1.165, 1.54) is 0 Å². The third-order valence-corrected chi connectivity index (χ3v) is 4.31. The molecule has 2 aromatic carbocycles. The molecule has 4 heteroatoms. The van der Waals surface area contributed by atoms with Crippen molar-refractivity contribution in [1.29, 1.82) is 0 Å². The van der Waals surface area contributed by atoms with Crippen molar-refractivity contribution in [3.8, 4) is 17.2 Å². The Morgan fingerprint density at radius 3 is 1.83 bits per heavy atom. The minimum Gasteiger partial charge on any atom is -0.494 e. The molecule has 4 nitrogen and oxygen atoms in total. The first kappa shape index (κ1) is 22.5. The standard InChI is InChI=1S/C25H32O4/c1-7-27-20-13-11-19(12-14-20)21(26)15-10-18-16-22(28-8-2)24(25(4,5)6)23(17-18)29-9-3/h10-17H,7-9H2,1-6H3/b15-10+. The molecule has 0 amide bonds. The summed E-state index contributed by atoms with van der Waals surface area (Å²) in [4.78, 5) is 12.5. The Hall–Kier alpha value is -2.75. The number of rotatable bonds is 9. The molecule has 0 atom stereocenters. The van der Waals surface area contributed by atoms with E-state index < -0.39 is 0 Å². The van der Waals surface area contributed by atoms with E-state index in [1.807, 2.05) is 45.0 Å². The quantitative estimate of drug-likeness (QED) is 0.381. The van der Waals surface area contributed by atoms with Crippen molar-refractivity contribution in [2.75, 3.05) is 19.8 Å². The maximum absolute atomic E-state index is 12.5. The van der Waals surface area contributed by atoms with E-state index in [9.17, 15) is 4.79 Å². The predicted octanol–water partition coefficient (Wildman–Crippen LogP) is 6.08. The molecule has 0 saturated heterocycles. The molecule has 0 spiro atoms. The van der Waals surface area contributed by atoms with E-state index in [-0.39, 0.29) is 11.2 Å². The molecule has 0 aliphatic heterocycles. The Bertz CT molecular complexity index is 815. The van der Waals surface area contributed by atoms with Crippen molar-refractivity contribution >= 4 is 11.9 Å². The molecule has 0 saturated carbocycles. The van der Waals surface area contributed by atoms with Crippen molar-refractivity contribution in [3.63, 3.8) is 0 Å². The Kier molecular flexibility index (Phi) is 7.89. The Balaban J connectivity index is 2.34. The predicted molar refractivity (Wildman–Crippen MR) is 118 cm³/mol. The van der Waals surface area contributed by atoms with Crippen LogP contribution in [0.15, 0.2) is 42.5 Å². The summed E-state index contributed by atoms with van der Waals surface area (Å²) in [5.74, 6) is 2.27. The van der Waals surface area contributed by atoms with Gasteiger partial charge in [-0.3, -0.25) is 4.79 Å². The lowest BCUT2D eigenvalue weighted by Gasteiger charge is -2.26. The van der Waals surface area contributed by atoms with Gasteiger partial charge in [0.05, 0.1) is 19.8 Å². The van der Waals surface area contributed by atoms with Crippen LogP contribution in [0.3, 0.4) is 0 Å². The highest BCUT2D eigenvalue weighted by atomic mass is 16.5. The third kappa shape index (κ3) is 6.11. The van der Waals surface area contributed by atoms with Gasteiger partial charge in [0.1, 0.15) is 17.2 Å². The van der Waals surface area contributed by atoms with Crippen molar-refractivity contribution in [3.05, 3.63) is 59.2 Å². The molecule has 0 heterocycles. The zero-order chi connectivity index (χ0) is 21.4. The van der Waals surface area contributed by atoms with Crippen LogP contribution in [0.4, 0.5) is 0 Å². The molecule has 156 valence electrons. The van der Waals surface area contributed by atoms with E-state index >= 15 is 0 Å². The van der Waals surface area contributed by atoms with Gasteiger partial charge in [0, 0.05) is 11.1 Å². The van der Waals surface area contributed by atoms with Gasteiger partial charge >= 0.3 is 0 Å². The topological polar surface area (TPSA) is 44.8 Å². The minimum absolute atomic E-state index is 0.0659. The van der Waals surface area contributed by atoms with Crippen molar-refractivity contribution < 1.29 is 19.0 Å². The van der Waals surface area contributed by atoms with Gasteiger partial charge in [-0.2, -0.15) is 0 Å². The van der Waals surface area contributed by atoms with Crippen LogP contribution < -0.4 is 14.2 Å². The van der Waals surface area contributed by atoms with Gasteiger partial charge in [0.15, 0.2) is 5.78 Å². The average Bonchev–Trinajstić information content (AvgIpc) is 2.66. The summed E-state index contributed by atoms with van der Waals surface area (Å²) in [5, 5.41) is 0. The van der Waals surface area contributed by atoms with E-state index in [2.05, 4.69) is 20.8 Å². The van der Waals surface area contributed by atoms with Crippen LogP contribution in [-0.4, -0.2) is 25.6 Å². The zero-order valence-electron chi connectivity index (χ0n) is 18.4. The van der Waals surface area contributed by atoms with Crippen molar-refractivity contribution in [2.45, 2.75) is 47.0 Å². The van der Waals surface area contributed by atoms with Gasteiger partial charge in [0.25, 0.3) is 0 Å². The summed E-state index contributed by atoms with van der Waals surface area (Å²) in [6, 6.07) is 11.1. The monoisotopic (exact) mass is 396 g/mol. The van der Waals surface area contributed by atoms with Gasteiger partial charge in [-0.15, -0.1) is 0 Å². The molecule has 0 N–H and O–H groups in total. The molecule has 2 rings (SSSR count). The lowest BCUT2D eigenvalue weighted by atomic mass is 9.84.